The first kappa shape index (κ1) is 16.4. The normalized spacial score (nSPS) is 16.0. The van der Waals surface area contributed by atoms with Gasteiger partial charge in [0.2, 0.25) is 0 Å². The Morgan fingerprint density at radius 3 is 2.88 bits per heavy atom. The van der Waals surface area contributed by atoms with E-state index >= 15 is 0 Å². The van der Waals surface area contributed by atoms with Crippen LogP contribution in [-0.4, -0.2) is 45.6 Å². The van der Waals surface area contributed by atoms with E-state index in [4.69, 9.17) is 5.11 Å². The van der Waals surface area contributed by atoms with Gasteiger partial charge in [-0.1, -0.05) is 18.2 Å². The predicted molar refractivity (Wildman–Crippen MR) is 92.8 cm³/mol. The maximum atomic E-state index is 10.7. The van der Waals surface area contributed by atoms with Gasteiger partial charge in [0.05, 0.1) is 0 Å². The van der Waals surface area contributed by atoms with Gasteiger partial charge >= 0.3 is 5.97 Å². The van der Waals surface area contributed by atoms with Gasteiger partial charge in [-0.05, 0) is 50.6 Å². The van der Waals surface area contributed by atoms with Crippen molar-refractivity contribution in [1.82, 2.24) is 14.9 Å². The Kier molecular flexibility index (Phi) is 5.05. The summed E-state index contributed by atoms with van der Waals surface area (Å²) < 4.78 is 0. The third kappa shape index (κ3) is 3.89. The molecule has 1 unspecified atom stereocenters. The number of carboxylic acids is 1. The van der Waals surface area contributed by atoms with Crippen LogP contribution < -0.4 is 5.32 Å². The van der Waals surface area contributed by atoms with Crippen molar-refractivity contribution >= 4 is 11.8 Å². The second kappa shape index (κ2) is 7.40. The minimum atomic E-state index is -0.920. The minimum absolute atomic E-state index is 0.164. The van der Waals surface area contributed by atoms with Gasteiger partial charge in [0.1, 0.15) is 12.4 Å². The summed E-state index contributed by atoms with van der Waals surface area (Å²) in [6.07, 6.45) is 4.18. The van der Waals surface area contributed by atoms with Crippen LogP contribution in [0.1, 0.15) is 31.4 Å². The number of hydrogen-bond acceptors (Lipinski definition) is 5. The highest BCUT2D eigenvalue weighted by atomic mass is 16.4. The summed E-state index contributed by atoms with van der Waals surface area (Å²) in [4.78, 5) is 21.9. The molecule has 2 N–H and O–H groups in total. The number of likely N-dealkylation sites (tertiary alicyclic amines) is 1. The predicted octanol–water partition coefficient (Wildman–Crippen LogP) is 2.80. The van der Waals surface area contributed by atoms with Gasteiger partial charge in [-0.3, -0.25) is 9.69 Å². The zero-order valence-corrected chi connectivity index (χ0v) is 13.8. The average Bonchev–Trinajstić information content (AvgIpc) is 3.14. The number of carboxylic acid groups (broad SMARTS) is 1. The lowest BCUT2D eigenvalue weighted by Gasteiger charge is -2.24. The van der Waals surface area contributed by atoms with E-state index in [0.717, 1.165) is 18.7 Å². The summed E-state index contributed by atoms with van der Waals surface area (Å²) in [5.41, 5.74) is 2.19. The Hall–Kier alpha value is -2.47. The van der Waals surface area contributed by atoms with Crippen LogP contribution in [0, 0.1) is 0 Å². The molecule has 0 aliphatic carbocycles. The molecule has 0 spiro atoms. The molecule has 2 aromatic rings. The van der Waals surface area contributed by atoms with E-state index in [-0.39, 0.29) is 6.54 Å². The number of carbonyl (C=O) groups is 1. The van der Waals surface area contributed by atoms with Crippen molar-refractivity contribution in [2.45, 2.75) is 25.8 Å². The lowest BCUT2D eigenvalue weighted by atomic mass is 10.0. The highest BCUT2D eigenvalue weighted by Gasteiger charge is 2.19. The molecular weight excluding hydrogens is 304 g/mol. The number of benzene rings is 1. The Morgan fingerprint density at radius 2 is 2.12 bits per heavy atom. The van der Waals surface area contributed by atoms with Crippen molar-refractivity contribution in [2.24, 2.45) is 0 Å². The first-order valence-corrected chi connectivity index (χ1v) is 8.26. The van der Waals surface area contributed by atoms with E-state index in [1.165, 1.54) is 18.4 Å². The summed E-state index contributed by atoms with van der Waals surface area (Å²) in [5, 5.41) is 11.5. The fraction of sp³-hybridized carbons (Fsp3) is 0.389. The molecule has 3 rings (SSSR count). The van der Waals surface area contributed by atoms with Crippen LogP contribution in [0.15, 0.2) is 36.5 Å². The second-order valence-electron chi connectivity index (χ2n) is 6.06. The SMILES string of the molecule is CC(c1cccc(-c2nccc(NCC(=O)O)n2)c1)N1CCCC1. The number of nitrogens with zero attached hydrogens (tertiary/aromatic N) is 3. The first-order chi connectivity index (χ1) is 11.6. The van der Waals surface area contributed by atoms with Gasteiger partial charge in [0, 0.05) is 17.8 Å². The van der Waals surface area contributed by atoms with E-state index in [0.29, 0.717) is 17.7 Å². The highest BCUT2D eigenvalue weighted by Crippen LogP contribution is 2.27. The second-order valence-corrected chi connectivity index (χ2v) is 6.06. The minimum Gasteiger partial charge on any atom is -0.480 e. The monoisotopic (exact) mass is 326 g/mol. The molecule has 1 saturated heterocycles. The zero-order valence-electron chi connectivity index (χ0n) is 13.8. The van der Waals surface area contributed by atoms with E-state index in [1.807, 2.05) is 12.1 Å². The number of nitrogens with one attached hydrogen (secondary N) is 1. The van der Waals surface area contributed by atoms with E-state index < -0.39 is 5.97 Å². The van der Waals surface area contributed by atoms with Crippen LogP contribution in [0.25, 0.3) is 11.4 Å². The number of rotatable bonds is 6. The molecule has 1 aromatic carbocycles. The molecular formula is C18H22N4O2. The number of anilines is 1. The van der Waals surface area contributed by atoms with Crippen molar-refractivity contribution in [3.8, 4) is 11.4 Å². The largest absolute Gasteiger partial charge is 0.480 e. The van der Waals surface area contributed by atoms with Crippen molar-refractivity contribution < 1.29 is 9.90 Å². The molecule has 126 valence electrons. The molecule has 0 bridgehead atoms. The van der Waals surface area contributed by atoms with Crippen LogP contribution in [0.2, 0.25) is 0 Å². The quantitative estimate of drug-likeness (QED) is 0.850. The Balaban J connectivity index is 1.80. The molecule has 2 heterocycles. The van der Waals surface area contributed by atoms with Crippen molar-refractivity contribution in [3.05, 3.63) is 42.1 Å². The highest BCUT2D eigenvalue weighted by molar-refractivity contribution is 5.72. The smallest absolute Gasteiger partial charge is 0.322 e. The summed E-state index contributed by atoms with van der Waals surface area (Å²) >= 11 is 0. The van der Waals surface area contributed by atoms with Gasteiger partial charge in [0.25, 0.3) is 0 Å². The van der Waals surface area contributed by atoms with Crippen LogP contribution in [0.5, 0.6) is 0 Å². The molecule has 0 amide bonds. The number of hydrogen-bond donors (Lipinski definition) is 2. The molecule has 1 atom stereocenters. The fourth-order valence-electron chi connectivity index (χ4n) is 3.04. The van der Waals surface area contributed by atoms with Crippen LogP contribution >= 0.6 is 0 Å². The van der Waals surface area contributed by atoms with Gasteiger partial charge < -0.3 is 10.4 Å². The van der Waals surface area contributed by atoms with Gasteiger partial charge in [-0.2, -0.15) is 0 Å². The lowest BCUT2D eigenvalue weighted by Crippen LogP contribution is -2.23. The molecule has 1 aliphatic heterocycles. The third-order valence-corrected chi connectivity index (χ3v) is 4.39. The maximum Gasteiger partial charge on any atom is 0.322 e. The molecule has 24 heavy (non-hydrogen) atoms. The lowest BCUT2D eigenvalue weighted by molar-refractivity contribution is -0.134. The molecule has 0 saturated carbocycles. The zero-order chi connectivity index (χ0) is 16.9. The molecule has 1 aliphatic rings. The molecule has 1 fully saturated rings. The summed E-state index contributed by atoms with van der Waals surface area (Å²) in [6, 6.07) is 10.3. The standard InChI is InChI=1S/C18H22N4O2/c1-13(22-9-2-3-10-22)14-5-4-6-15(11-14)18-19-8-7-16(21-18)20-12-17(23)24/h4-8,11,13H,2-3,9-10,12H2,1H3,(H,23,24)(H,19,20,21). The van der Waals surface area contributed by atoms with Crippen LogP contribution in [0.4, 0.5) is 5.82 Å². The maximum absolute atomic E-state index is 10.7. The molecule has 1 aromatic heterocycles. The van der Waals surface area contributed by atoms with Crippen molar-refractivity contribution in [2.75, 3.05) is 25.0 Å². The van der Waals surface area contributed by atoms with Gasteiger partial charge in [-0.25, -0.2) is 9.97 Å². The van der Waals surface area contributed by atoms with Crippen LogP contribution in [0.3, 0.4) is 0 Å². The molecule has 0 radical (unpaired) electrons. The Morgan fingerprint density at radius 1 is 1.33 bits per heavy atom. The topological polar surface area (TPSA) is 78.3 Å². The molecule has 6 nitrogen and oxygen atoms in total. The van der Waals surface area contributed by atoms with Crippen LogP contribution in [-0.2, 0) is 4.79 Å². The molecule has 6 heteroatoms. The first-order valence-electron chi connectivity index (χ1n) is 8.26. The number of aromatic nitrogens is 2. The average molecular weight is 326 g/mol. The van der Waals surface area contributed by atoms with E-state index in [9.17, 15) is 4.79 Å². The number of aliphatic carboxylic acids is 1. The Bertz CT molecular complexity index is 714. The summed E-state index contributed by atoms with van der Waals surface area (Å²) in [6.45, 7) is 4.37. The fourth-order valence-corrected chi connectivity index (χ4v) is 3.04. The van der Waals surface area contributed by atoms with E-state index in [1.54, 1.807) is 12.3 Å². The summed E-state index contributed by atoms with van der Waals surface area (Å²) in [7, 11) is 0. The van der Waals surface area contributed by atoms with E-state index in [2.05, 4.69) is 39.2 Å². The van der Waals surface area contributed by atoms with Gasteiger partial charge in [0.15, 0.2) is 5.82 Å². The van der Waals surface area contributed by atoms with Crippen molar-refractivity contribution in [3.63, 3.8) is 0 Å². The van der Waals surface area contributed by atoms with Gasteiger partial charge in [-0.15, -0.1) is 0 Å². The summed E-state index contributed by atoms with van der Waals surface area (Å²) in [5.74, 6) is 0.192. The Labute approximate surface area is 141 Å². The third-order valence-electron chi connectivity index (χ3n) is 4.39. The van der Waals surface area contributed by atoms with Crippen molar-refractivity contribution in [1.29, 1.82) is 0 Å².